The lowest BCUT2D eigenvalue weighted by Gasteiger charge is -2.23. The largest absolute Gasteiger partial charge is 0.418 e. The molecule has 3 aromatic heterocycles. The number of hydrogen-bond acceptors (Lipinski definition) is 8. The first kappa shape index (κ1) is 24.1. The molecule has 0 aliphatic carbocycles. The molecule has 1 aliphatic rings. The molecule has 1 aliphatic heterocycles. The number of carbonyl (C=O) groups is 1. The van der Waals surface area contributed by atoms with E-state index < -0.39 is 5.54 Å². The molecular weight excluding hydrogens is 476 g/mol. The fourth-order valence-electron chi connectivity index (χ4n) is 4.60. The zero-order valence-corrected chi connectivity index (χ0v) is 21.3. The van der Waals surface area contributed by atoms with Crippen molar-refractivity contribution in [2.24, 2.45) is 12.8 Å². The molecular formula is C26H28N6O3S. The van der Waals surface area contributed by atoms with Gasteiger partial charge in [-0.1, -0.05) is 30.3 Å². The van der Waals surface area contributed by atoms with Gasteiger partial charge in [0.2, 0.25) is 5.89 Å². The van der Waals surface area contributed by atoms with Gasteiger partial charge in [0.25, 0.3) is 17.4 Å². The van der Waals surface area contributed by atoms with Crippen LogP contribution in [0.1, 0.15) is 58.3 Å². The van der Waals surface area contributed by atoms with Gasteiger partial charge in [-0.15, -0.1) is 21.5 Å². The van der Waals surface area contributed by atoms with Crippen LogP contribution in [0.2, 0.25) is 0 Å². The van der Waals surface area contributed by atoms with E-state index in [2.05, 4.69) is 15.2 Å². The molecule has 36 heavy (non-hydrogen) atoms. The molecule has 2 N–H and O–H groups in total. The monoisotopic (exact) mass is 504 g/mol. The highest BCUT2D eigenvalue weighted by Gasteiger charge is 2.34. The van der Waals surface area contributed by atoms with E-state index in [0.29, 0.717) is 18.5 Å². The van der Waals surface area contributed by atoms with Crippen LogP contribution in [0, 0.1) is 6.92 Å². The number of benzene rings is 1. The van der Waals surface area contributed by atoms with Crippen molar-refractivity contribution in [1.29, 1.82) is 0 Å². The van der Waals surface area contributed by atoms with Crippen LogP contribution >= 0.6 is 11.3 Å². The number of pyridine rings is 1. The van der Waals surface area contributed by atoms with Gasteiger partial charge in [-0.05, 0) is 44.7 Å². The molecule has 0 saturated carbocycles. The molecule has 0 spiro atoms. The molecule has 186 valence electrons. The summed E-state index contributed by atoms with van der Waals surface area (Å²) >= 11 is 1.57. The minimum Gasteiger partial charge on any atom is -0.418 e. The highest BCUT2D eigenvalue weighted by atomic mass is 32.1. The van der Waals surface area contributed by atoms with Gasteiger partial charge in [0, 0.05) is 30.9 Å². The number of thiazole rings is 1. The van der Waals surface area contributed by atoms with Gasteiger partial charge in [-0.25, -0.2) is 4.98 Å². The summed E-state index contributed by atoms with van der Waals surface area (Å²) in [4.78, 5) is 33.0. The summed E-state index contributed by atoms with van der Waals surface area (Å²) in [7, 11) is 1.61. The molecule has 9 nitrogen and oxygen atoms in total. The highest BCUT2D eigenvalue weighted by molar-refractivity contribution is 7.09. The Labute approximate surface area is 212 Å². The molecule has 4 heterocycles. The lowest BCUT2D eigenvalue weighted by Crippen LogP contribution is -2.35. The first-order valence-corrected chi connectivity index (χ1v) is 12.7. The van der Waals surface area contributed by atoms with Crippen molar-refractivity contribution in [3.8, 4) is 11.5 Å². The molecule has 2 atom stereocenters. The topological polar surface area (TPSA) is 120 Å². The molecule has 0 unspecified atom stereocenters. The van der Waals surface area contributed by atoms with E-state index in [0.717, 1.165) is 29.1 Å². The van der Waals surface area contributed by atoms with E-state index in [9.17, 15) is 9.59 Å². The third-order valence-electron chi connectivity index (χ3n) is 6.42. The summed E-state index contributed by atoms with van der Waals surface area (Å²) in [5.74, 6) is 0.104. The first-order valence-electron chi connectivity index (χ1n) is 11.8. The zero-order valence-electron chi connectivity index (χ0n) is 20.5. The second-order valence-corrected chi connectivity index (χ2v) is 10.4. The molecule has 5 rings (SSSR count). The molecule has 1 amide bonds. The predicted molar refractivity (Wildman–Crippen MR) is 137 cm³/mol. The third kappa shape index (κ3) is 4.61. The first-order chi connectivity index (χ1) is 17.2. The fraction of sp³-hybridized carbons (Fsp3) is 0.346. The molecule has 1 aromatic carbocycles. The van der Waals surface area contributed by atoms with Crippen molar-refractivity contribution in [2.45, 2.75) is 44.7 Å². The second kappa shape index (κ2) is 9.44. The van der Waals surface area contributed by atoms with Crippen LogP contribution in [0.4, 0.5) is 0 Å². The fourth-order valence-corrected chi connectivity index (χ4v) is 5.54. The average Bonchev–Trinajstić information content (AvgIpc) is 3.61. The summed E-state index contributed by atoms with van der Waals surface area (Å²) in [6, 6.07) is 11.2. The average molecular weight is 505 g/mol. The number of carbonyl (C=O) groups excluding carboxylic acids is 1. The van der Waals surface area contributed by atoms with Crippen LogP contribution in [0.5, 0.6) is 0 Å². The van der Waals surface area contributed by atoms with E-state index in [-0.39, 0.29) is 34.9 Å². The lowest BCUT2D eigenvalue weighted by atomic mass is 9.94. The van der Waals surface area contributed by atoms with Gasteiger partial charge < -0.3 is 19.6 Å². The van der Waals surface area contributed by atoms with E-state index in [4.69, 9.17) is 10.2 Å². The van der Waals surface area contributed by atoms with Gasteiger partial charge in [-0.3, -0.25) is 9.59 Å². The Morgan fingerprint density at radius 3 is 2.78 bits per heavy atom. The van der Waals surface area contributed by atoms with Crippen LogP contribution in [-0.2, 0) is 19.0 Å². The second-order valence-electron chi connectivity index (χ2n) is 9.53. The van der Waals surface area contributed by atoms with E-state index in [1.807, 2.05) is 54.5 Å². The van der Waals surface area contributed by atoms with E-state index in [1.54, 1.807) is 24.6 Å². The van der Waals surface area contributed by atoms with Crippen molar-refractivity contribution >= 4 is 17.2 Å². The summed E-state index contributed by atoms with van der Waals surface area (Å²) in [5, 5.41) is 11.2. The predicted octanol–water partition coefficient (Wildman–Crippen LogP) is 3.59. The Morgan fingerprint density at radius 2 is 2.06 bits per heavy atom. The van der Waals surface area contributed by atoms with E-state index in [1.165, 1.54) is 10.6 Å². The highest BCUT2D eigenvalue weighted by Crippen LogP contribution is 2.35. The van der Waals surface area contributed by atoms with Crippen LogP contribution in [-0.4, -0.2) is 37.1 Å². The maximum absolute atomic E-state index is 13.6. The number of nitrogens with zero attached hydrogens (tertiary/aromatic N) is 5. The number of amides is 1. The van der Waals surface area contributed by atoms with Crippen LogP contribution in [0.25, 0.3) is 11.5 Å². The molecule has 10 heteroatoms. The minimum absolute atomic E-state index is 0.0403. The van der Waals surface area contributed by atoms with Crippen LogP contribution < -0.4 is 11.3 Å². The van der Waals surface area contributed by atoms with Crippen molar-refractivity contribution in [3.63, 3.8) is 0 Å². The molecule has 4 aromatic rings. The van der Waals surface area contributed by atoms with Gasteiger partial charge in [0.15, 0.2) is 0 Å². The Balaban J connectivity index is 1.44. The Bertz CT molecular complexity index is 1460. The lowest BCUT2D eigenvalue weighted by molar-refractivity contribution is 0.0734. The molecule has 1 saturated heterocycles. The normalized spacial score (nSPS) is 17.3. The van der Waals surface area contributed by atoms with Gasteiger partial charge in [-0.2, -0.15) is 0 Å². The standard InChI is InChI=1S/C26H28N6O3S/c1-16-15-36-22(28-16)20-10-7-11-32(20)23(33)18-12-19(24(34)31(3)14-18)21-29-30-25(35-21)26(2,27)13-17-8-5-4-6-9-17/h4-6,8-9,12,14-15,20H,7,10-11,13,27H2,1-3H3/t20-,26-/m1/s1. The zero-order chi connectivity index (χ0) is 25.4. The third-order valence-corrected chi connectivity index (χ3v) is 7.49. The van der Waals surface area contributed by atoms with Crippen molar-refractivity contribution in [3.05, 3.63) is 86.0 Å². The van der Waals surface area contributed by atoms with Crippen molar-refractivity contribution in [1.82, 2.24) is 24.6 Å². The van der Waals surface area contributed by atoms with E-state index >= 15 is 0 Å². The molecule has 0 radical (unpaired) electrons. The number of nitrogens with two attached hydrogens (primary N) is 1. The Morgan fingerprint density at radius 1 is 1.28 bits per heavy atom. The minimum atomic E-state index is -0.931. The van der Waals surface area contributed by atoms with Gasteiger partial charge >= 0.3 is 0 Å². The Hall–Kier alpha value is -3.63. The smallest absolute Gasteiger partial charge is 0.263 e. The summed E-state index contributed by atoms with van der Waals surface area (Å²) in [6.45, 7) is 4.39. The maximum atomic E-state index is 13.6. The van der Waals surface area contributed by atoms with Crippen LogP contribution in [0.3, 0.4) is 0 Å². The van der Waals surface area contributed by atoms with Crippen LogP contribution in [0.15, 0.2) is 57.2 Å². The van der Waals surface area contributed by atoms with Gasteiger partial charge in [0.05, 0.1) is 17.1 Å². The molecule has 0 bridgehead atoms. The summed E-state index contributed by atoms with van der Waals surface area (Å²) < 4.78 is 7.27. The number of aromatic nitrogens is 4. The quantitative estimate of drug-likeness (QED) is 0.426. The summed E-state index contributed by atoms with van der Waals surface area (Å²) in [5.41, 5.74) is 7.78. The number of hydrogen-bond donors (Lipinski definition) is 1. The number of rotatable bonds is 6. The number of aryl methyl sites for hydroxylation is 2. The summed E-state index contributed by atoms with van der Waals surface area (Å²) in [6.07, 6.45) is 3.80. The SMILES string of the molecule is Cc1csc([C@H]2CCCN2C(=O)c2cc(-c3nnc([C@](C)(N)Cc4ccccc4)o3)c(=O)n(C)c2)n1. The molecule has 1 fully saturated rings. The maximum Gasteiger partial charge on any atom is 0.263 e. The van der Waals surface area contributed by atoms with Gasteiger partial charge in [0.1, 0.15) is 10.6 Å². The van der Waals surface area contributed by atoms with Crippen molar-refractivity contribution in [2.75, 3.05) is 6.54 Å². The number of likely N-dealkylation sites (tertiary alicyclic amines) is 1. The van der Waals surface area contributed by atoms with Crippen molar-refractivity contribution < 1.29 is 9.21 Å². The Kier molecular flexibility index (Phi) is 6.31.